The number of hydrogen-bond acceptors (Lipinski definition) is 4. The molecule has 0 fully saturated rings. The number of halogens is 3. The summed E-state index contributed by atoms with van der Waals surface area (Å²) in [5.41, 5.74) is -3.48. The minimum Gasteiger partial charge on any atom is -0.467 e. The van der Waals surface area contributed by atoms with E-state index >= 15 is 0 Å². The van der Waals surface area contributed by atoms with Crippen LogP contribution in [0.15, 0.2) is 47.4 Å². The summed E-state index contributed by atoms with van der Waals surface area (Å²) < 4.78 is 70.8. The van der Waals surface area contributed by atoms with Gasteiger partial charge in [0, 0.05) is 6.42 Å². The molecule has 0 aromatic heterocycles. The fraction of sp³-hybridized carbons (Fsp3) is 0.357. The first-order chi connectivity index (χ1) is 10.5. The van der Waals surface area contributed by atoms with Gasteiger partial charge in [-0.1, -0.05) is 23.8 Å². The lowest BCUT2D eigenvalue weighted by Crippen LogP contribution is -2.64. The van der Waals surface area contributed by atoms with Gasteiger partial charge in [0.25, 0.3) is 0 Å². The van der Waals surface area contributed by atoms with Crippen molar-refractivity contribution < 1.29 is 31.1 Å². The van der Waals surface area contributed by atoms with Crippen LogP contribution in [0.25, 0.3) is 0 Å². The standard InChI is InChI=1S/C14H16F3NO4S/c1-10(2)9-13(12(19)22-3,14(15,16)17)18-23(20,21)11-7-5-4-6-8-11/h4-8,18H,1,9H2,2-3H3. The Hall–Kier alpha value is -1.87. The molecule has 1 unspecified atom stereocenters. The molecule has 23 heavy (non-hydrogen) atoms. The van der Waals surface area contributed by atoms with Crippen LogP contribution >= 0.6 is 0 Å². The van der Waals surface area contributed by atoms with Crippen LogP contribution in [0.4, 0.5) is 13.2 Å². The van der Waals surface area contributed by atoms with E-state index in [1.807, 2.05) is 0 Å². The van der Waals surface area contributed by atoms with Gasteiger partial charge in [-0.25, -0.2) is 13.2 Å². The maximum absolute atomic E-state index is 13.6. The number of carbonyl (C=O) groups is 1. The molecule has 0 aliphatic carbocycles. The van der Waals surface area contributed by atoms with Crippen molar-refractivity contribution in [3.05, 3.63) is 42.5 Å². The average Bonchev–Trinajstić information content (AvgIpc) is 2.44. The molecule has 1 aromatic rings. The van der Waals surface area contributed by atoms with E-state index in [4.69, 9.17) is 0 Å². The maximum atomic E-state index is 13.6. The van der Waals surface area contributed by atoms with Gasteiger partial charge in [0.15, 0.2) is 0 Å². The molecule has 0 radical (unpaired) electrons. The Balaban J connectivity index is 3.46. The van der Waals surface area contributed by atoms with Gasteiger partial charge < -0.3 is 4.74 Å². The molecule has 5 nitrogen and oxygen atoms in total. The Labute approximate surface area is 132 Å². The first-order valence-electron chi connectivity index (χ1n) is 6.35. The summed E-state index contributed by atoms with van der Waals surface area (Å²) in [5.74, 6) is -1.76. The van der Waals surface area contributed by atoms with Crippen LogP contribution in [-0.2, 0) is 19.6 Å². The topological polar surface area (TPSA) is 72.5 Å². The average molecular weight is 351 g/mol. The normalized spacial score (nSPS) is 14.8. The lowest BCUT2D eigenvalue weighted by molar-refractivity contribution is -0.207. The quantitative estimate of drug-likeness (QED) is 0.631. The number of methoxy groups -OCH3 is 1. The molecule has 0 aliphatic rings. The van der Waals surface area contributed by atoms with Crippen molar-refractivity contribution in [2.24, 2.45) is 0 Å². The van der Waals surface area contributed by atoms with E-state index in [-0.39, 0.29) is 5.57 Å². The smallest absolute Gasteiger partial charge is 0.418 e. The molecular weight excluding hydrogens is 335 g/mol. The van der Waals surface area contributed by atoms with Gasteiger partial charge in [0.1, 0.15) is 0 Å². The highest BCUT2D eigenvalue weighted by molar-refractivity contribution is 7.89. The molecule has 0 saturated carbocycles. The second kappa shape index (κ2) is 6.71. The molecule has 9 heteroatoms. The molecule has 0 bridgehead atoms. The number of esters is 1. The van der Waals surface area contributed by atoms with Crippen LogP contribution in [0.1, 0.15) is 13.3 Å². The van der Waals surface area contributed by atoms with Gasteiger partial charge in [-0.2, -0.15) is 17.9 Å². The number of ether oxygens (including phenoxy) is 1. The van der Waals surface area contributed by atoms with Gasteiger partial charge in [-0.15, -0.1) is 6.58 Å². The lowest BCUT2D eigenvalue weighted by Gasteiger charge is -2.33. The molecule has 0 saturated heterocycles. The number of carbonyl (C=O) groups excluding carboxylic acids is 1. The summed E-state index contributed by atoms with van der Waals surface area (Å²) in [6.45, 7) is 4.58. The number of rotatable bonds is 6. The van der Waals surface area contributed by atoms with Gasteiger partial charge in [-0.05, 0) is 19.1 Å². The number of nitrogens with one attached hydrogen (secondary N) is 1. The van der Waals surface area contributed by atoms with Gasteiger partial charge in [-0.3, -0.25) is 0 Å². The molecule has 0 amide bonds. The molecule has 1 rings (SSSR count). The minimum atomic E-state index is -5.22. The van der Waals surface area contributed by atoms with Crippen LogP contribution in [0.2, 0.25) is 0 Å². The summed E-state index contributed by atoms with van der Waals surface area (Å²) in [4.78, 5) is 11.4. The minimum absolute atomic E-state index is 0.0384. The van der Waals surface area contributed by atoms with Crippen LogP contribution in [0.3, 0.4) is 0 Å². The predicted molar refractivity (Wildman–Crippen MR) is 77.0 cm³/mol. The Kier molecular flexibility index (Phi) is 5.60. The molecule has 128 valence electrons. The Morgan fingerprint density at radius 1 is 1.26 bits per heavy atom. The number of sulfonamides is 1. The van der Waals surface area contributed by atoms with Crippen LogP contribution in [0, 0.1) is 0 Å². The Morgan fingerprint density at radius 3 is 2.17 bits per heavy atom. The van der Waals surface area contributed by atoms with Crippen molar-refractivity contribution in [1.82, 2.24) is 4.72 Å². The van der Waals surface area contributed by atoms with Crippen LogP contribution in [-0.4, -0.2) is 33.2 Å². The van der Waals surface area contributed by atoms with E-state index in [0.29, 0.717) is 0 Å². The molecule has 1 aromatic carbocycles. The summed E-state index contributed by atoms with van der Waals surface area (Å²) in [6, 6.07) is 6.43. The first kappa shape index (κ1) is 19.2. The summed E-state index contributed by atoms with van der Waals surface area (Å²) in [7, 11) is -3.87. The highest BCUT2D eigenvalue weighted by Crippen LogP contribution is 2.37. The highest BCUT2D eigenvalue weighted by Gasteiger charge is 2.63. The zero-order valence-electron chi connectivity index (χ0n) is 12.5. The zero-order valence-corrected chi connectivity index (χ0v) is 13.3. The predicted octanol–water partition coefficient (Wildman–Crippen LogP) is 2.41. The second-order valence-corrected chi connectivity index (χ2v) is 6.63. The van der Waals surface area contributed by atoms with Crippen LogP contribution in [0.5, 0.6) is 0 Å². The van der Waals surface area contributed by atoms with Crippen molar-refractivity contribution in [3.63, 3.8) is 0 Å². The molecule has 0 heterocycles. The monoisotopic (exact) mass is 351 g/mol. The lowest BCUT2D eigenvalue weighted by atomic mass is 9.92. The fourth-order valence-corrected chi connectivity index (χ4v) is 3.30. The molecule has 0 aliphatic heterocycles. The Morgan fingerprint density at radius 2 is 1.78 bits per heavy atom. The van der Waals surface area contributed by atoms with Crippen LogP contribution < -0.4 is 4.72 Å². The number of hydrogen-bond donors (Lipinski definition) is 1. The van der Waals surface area contributed by atoms with Crippen molar-refractivity contribution in [2.45, 2.75) is 30.0 Å². The highest BCUT2D eigenvalue weighted by atomic mass is 32.2. The van der Waals surface area contributed by atoms with Gasteiger partial charge in [0.05, 0.1) is 12.0 Å². The van der Waals surface area contributed by atoms with E-state index in [1.165, 1.54) is 29.8 Å². The van der Waals surface area contributed by atoms with Crippen molar-refractivity contribution in [3.8, 4) is 0 Å². The van der Waals surface area contributed by atoms with Crippen molar-refractivity contribution >= 4 is 16.0 Å². The third-order valence-corrected chi connectivity index (χ3v) is 4.46. The zero-order chi connectivity index (χ0) is 17.9. The summed E-state index contributed by atoms with van der Waals surface area (Å²) in [5, 5.41) is 0. The third kappa shape index (κ3) is 4.11. The van der Waals surface area contributed by atoms with E-state index in [1.54, 1.807) is 0 Å². The molecular formula is C14H16F3NO4S. The number of alkyl halides is 3. The molecule has 1 N–H and O–H groups in total. The van der Waals surface area contributed by atoms with Crippen molar-refractivity contribution in [1.29, 1.82) is 0 Å². The maximum Gasteiger partial charge on any atom is 0.418 e. The first-order valence-corrected chi connectivity index (χ1v) is 7.83. The van der Waals surface area contributed by atoms with E-state index < -0.39 is 39.0 Å². The summed E-state index contributed by atoms with van der Waals surface area (Å²) >= 11 is 0. The fourth-order valence-electron chi connectivity index (χ4n) is 1.94. The van der Waals surface area contributed by atoms with E-state index in [0.717, 1.165) is 19.2 Å². The number of benzene rings is 1. The van der Waals surface area contributed by atoms with Crippen molar-refractivity contribution in [2.75, 3.05) is 7.11 Å². The second-order valence-electron chi connectivity index (χ2n) is 4.95. The third-order valence-electron chi connectivity index (χ3n) is 2.95. The SMILES string of the molecule is C=C(C)CC(NS(=O)(=O)c1ccccc1)(C(=O)OC)C(F)(F)F. The molecule has 1 atom stereocenters. The summed E-state index contributed by atoms with van der Waals surface area (Å²) in [6.07, 6.45) is -6.20. The Bertz CT molecular complexity index is 686. The van der Waals surface area contributed by atoms with E-state index in [2.05, 4.69) is 11.3 Å². The molecule has 0 spiro atoms. The van der Waals surface area contributed by atoms with Gasteiger partial charge in [0.2, 0.25) is 15.6 Å². The largest absolute Gasteiger partial charge is 0.467 e. The van der Waals surface area contributed by atoms with E-state index in [9.17, 15) is 26.4 Å². The van der Waals surface area contributed by atoms with Gasteiger partial charge >= 0.3 is 12.1 Å².